The molecule has 0 heterocycles. The molecule has 0 aliphatic heterocycles. The second-order valence-corrected chi connectivity index (χ2v) is 6.26. The van der Waals surface area contributed by atoms with E-state index in [1.807, 2.05) is 12.1 Å². The largest absolute Gasteiger partial charge is 0.207 e. The van der Waals surface area contributed by atoms with E-state index < -0.39 is 5.38 Å². The van der Waals surface area contributed by atoms with Gasteiger partial charge in [0.1, 0.15) is 5.82 Å². The lowest BCUT2D eigenvalue weighted by molar-refractivity contribution is 0.611. The van der Waals surface area contributed by atoms with Crippen molar-refractivity contribution in [1.29, 1.82) is 0 Å². The van der Waals surface area contributed by atoms with Gasteiger partial charge in [-0.1, -0.05) is 60.1 Å². The first-order valence-corrected chi connectivity index (χ1v) is 7.95. The molecule has 0 N–H and O–H groups in total. The van der Waals surface area contributed by atoms with Crippen molar-refractivity contribution < 1.29 is 4.39 Å². The van der Waals surface area contributed by atoms with Crippen molar-refractivity contribution in [2.75, 3.05) is 0 Å². The third-order valence-corrected chi connectivity index (χ3v) is 4.83. The Morgan fingerprint density at radius 1 is 1.10 bits per heavy atom. The number of alkyl halides is 1. The molecule has 20 heavy (non-hydrogen) atoms. The standard InChI is InChI=1S/C17H17BrClF/c1-3-11(2)12-7-9-13(10-8-12)17(19)16-14(18)5-4-6-15(16)20/h4-11,17H,3H2,1-2H3. The van der Waals surface area contributed by atoms with Crippen LogP contribution in [-0.4, -0.2) is 0 Å². The van der Waals surface area contributed by atoms with E-state index in [9.17, 15) is 4.39 Å². The minimum Gasteiger partial charge on any atom is -0.207 e. The maximum Gasteiger partial charge on any atom is 0.129 e. The average molecular weight is 356 g/mol. The zero-order valence-electron chi connectivity index (χ0n) is 11.5. The summed E-state index contributed by atoms with van der Waals surface area (Å²) in [5.74, 6) is 0.239. The minimum absolute atomic E-state index is 0.287. The highest BCUT2D eigenvalue weighted by molar-refractivity contribution is 9.10. The third-order valence-electron chi connectivity index (χ3n) is 3.66. The first kappa shape index (κ1) is 15.5. The quantitative estimate of drug-likeness (QED) is 0.554. The van der Waals surface area contributed by atoms with Gasteiger partial charge in [-0.15, -0.1) is 11.6 Å². The van der Waals surface area contributed by atoms with Crippen LogP contribution in [0.4, 0.5) is 4.39 Å². The van der Waals surface area contributed by atoms with E-state index in [0.717, 1.165) is 12.0 Å². The van der Waals surface area contributed by atoms with Gasteiger partial charge in [0, 0.05) is 10.0 Å². The smallest absolute Gasteiger partial charge is 0.129 e. The van der Waals surface area contributed by atoms with Crippen LogP contribution in [0.3, 0.4) is 0 Å². The van der Waals surface area contributed by atoms with Gasteiger partial charge < -0.3 is 0 Å². The van der Waals surface area contributed by atoms with E-state index in [4.69, 9.17) is 11.6 Å². The number of benzene rings is 2. The molecule has 0 radical (unpaired) electrons. The maximum atomic E-state index is 13.9. The van der Waals surface area contributed by atoms with Crippen molar-refractivity contribution in [2.45, 2.75) is 31.6 Å². The van der Waals surface area contributed by atoms with Crippen LogP contribution in [0.2, 0.25) is 0 Å². The van der Waals surface area contributed by atoms with Gasteiger partial charge in [-0.2, -0.15) is 0 Å². The molecule has 0 saturated carbocycles. The van der Waals surface area contributed by atoms with Gasteiger partial charge in [-0.25, -0.2) is 4.39 Å². The third kappa shape index (κ3) is 3.24. The normalized spacial score (nSPS) is 14.1. The number of halogens is 3. The van der Waals surface area contributed by atoms with Crippen LogP contribution in [0, 0.1) is 5.82 Å². The molecule has 0 aromatic heterocycles. The van der Waals surface area contributed by atoms with Crippen molar-refractivity contribution in [3.63, 3.8) is 0 Å². The second-order valence-electron chi connectivity index (χ2n) is 4.97. The molecule has 0 nitrogen and oxygen atoms in total. The van der Waals surface area contributed by atoms with Crippen LogP contribution >= 0.6 is 27.5 Å². The predicted octanol–water partition coefficient (Wildman–Crippen LogP) is 6.43. The lowest BCUT2D eigenvalue weighted by atomic mass is 9.96. The summed E-state index contributed by atoms with van der Waals surface area (Å²) in [6.45, 7) is 4.36. The van der Waals surface area contributed by atoms with E-state index in [0.29, 0.717) is 16.0 Å². The topological polar surface area (TPSA) is 0 Å². The van der Waals surface area contributed by atoms with Crippen molar-refractivity contribution in [1.82, 2.24) is 0 Å². The average Bonchev–Trinajstić information content (AvgIpc) is 2.46. The number of hydrogen-bond acceptors (Lipinski definition) is 0. The molecule has 3 heteroatoms. The fourth-order valence-corrected chi connectivity index (χ4v) is 3.22. The summed E-state index contributed by atoms with van der Waals surface area (Å²) in [4.78, 5) is 0. The van der Waals surface area contributed by atoms with E-state index in [-0.39, 0.29) is 5.82 Å². The molecular formula is C17H17BrClF. The first-order chi connectivity index (χ1) is 9.54. The van der Waals surface area contributed by atoms with Crippen molar-refractivity contribution in [2.24, 2.45) is 0 Å². The molecule has 0 aliphatic carbocycles. The monoisotopic (exact) mass is 354 g/mol. The predicted molar refractivity (Wildman–Crippen MR) is 86.9 cm³/mol. The molecule has 0 spiro atoms. The molecule has 0 aliphatic rings. The van der Waals surface area contributed by atoms with Gasteiger partial charge >= 0.3 is 0 Å². The molecule has 0 fully saturated rings. The highest BCUT2D eigenvalue weighted by Crippen LogP contribution is 2.36. The molecule has 2 unspecified atom stereocenters. The number of hydrogen-bond donors (Lipinski definition) is 0. The van der Waals surface area contributed by atoms with Gasteiger partial charge in [0.15, 0.2) is 0 Å². The van der Waals surface area contributed by atoms with Gasteiger partial charge in [-0.3, -0.25) is 0 Å². The summed E-state index contributed by atoms with van der Waals surface area (Å²) >= 11 is 9.81. The van der Waals surface area contributed by atoms with Gasteiger partial charge in [0.05, 0.1) is 5.38 Å². The van der Waals surface area contributed by atoms with Gasteiger partial charge in [0.25, 0.3) is 0 Å². The Bertz CT molecular complexity index is 560. The summed E-state index contributed by atoms with van der Waals surface area (Å²) < 4.78 is 14.6. The zero-order valence-corrected chi connectivity index (χ0v) is 13.9. The Morgan fingerprint density at radius 2 is 1.70 bits per heavy atom. The molecule has 2 aromatic rings. The molecule has 2 rings (SSSR count). The number of rotatable bonds is 4. The Morgan fingerprint density at radius 3 is 2.25 bits per heavy atom. The van der Waals surface area contributed by atoms with E-state index in [1.54, 1.807) is 12.1 Å². The molecule has 0 saturated heterocycles. The van der Waals surface area contributed by atoms with E-state index >= 15 is 0 Å². The molecule has 2 aromatic carbocycles. The van der Waals surface area contributed by atoms with Gasteiger partial charge in [-0.05, 0) is 35.6 Å². The summed E-state index contributed by atoms with van der Waals surface area (Å²) in [6, 6.07) is 13.0. The first-order valence-electron chi connectivity index (χ1n) is 6.72. The van der Waals surface area contributed by atoms with Crippen LogP contribution in [0.5, 0.6) is 0 Å². The molecule has 2 atom stereocenters. The van der Waals surface area contributed by atoms with Crippen LogP contribution in [-0.2, 0) is 0 Å². The Kier molecular flexibility index (Phi) is 5.22. The molecule has 0 bridgehead atoms. The Hall–Kier alpha value is -0.860. The Balaban J connectivity index is 2.32. The van der Waals surface area contributed by atoms with E-state index in [2.05, 4.69) is 41.9 Å². The SMILES string of the molecule is CCC(C)c1ccc(C(Cl)c2c(F)cccc2Br)cc1. The highest BCUT2D eigenvalue weighted by Gasteiger charge is 2.18. The lowest BCUT2D eigenvalue weighted by Gasteiger charge is -2.15. The molecular weight excluding hydrogens is 339 g/mol. The van der Waals surface area contributed by atoms with Crippen LogP contribution in [0.1, 0.15) is 48.3 Å². The zero-order chi connectivity index (χ0) is 14.7. The summed E-state index contributed by atoms with van der Waals surface area (Å²) in [7, 11) is 0. The fourth-order valence-electron chi connectivity index (χ4n) is 2.15. The fraction of sp³-hybridized carbons (Fsp3) is 0.294. The molecule has 106 valence electrons. The summed E-state index contributed by atoms with van der Waals surface area (Å²) in [5, 5.41) is -0.489. The van der Waals surface area contributed by atoms with Crippen LogP contribution in [0.15, 0.2) is 46.9 Å². The van der Waals surface area contributed by atoms with Crippen molar-refractivity contribution >= 4 is 27.5 Å². The Labute approximate surface area is 133 Å². The maximum absolute atomic E-state index is 13.9. The molecule has 0 amide bonds. The minimum atomic E-state index is -0.489. The van der Waals surface area contributed by atoms with Crippen LogP contribution in [0.25, 0.3) is 0 Å². The van der Waals surface area contributed by atoms with Crippen molar-refractivity contribution in [3.8, 4) is 0 Å². The van der Waals surface area contributed by atoms with Crippen molar-refractivity contribution in [3.05, 3.63) is 69.4 Å². The second kappa shape index (κ2) is 6.73. The highest BCUT2D eigenvalue weighted by atomic mass is 79.9. The van der Waals surface area contributed by atoms with Crippen LogP contribution < -0.4 is 0 Å². The summed E-state index contributed by atoms with van der Waals surface area (Å²) in [6.07, 6.45) is 1.10. The lowest BCUT2D eigenvalue weighted by Crippen LogP contribution is -1.99. The van der Waals surface area contributed by atoms with Gasteiger partial charge in [0.2, 0.25) is 0 Å². The summed E-state index contributed by atoms with van der Waals surface area (Å²) in [5.41, 5.74) is 2.68. The van der Waals surface area contributed by atoms with E-state index in [1.165, 1.54) is 11.6 Å².